The minimum atomic E-state index is -0.659. The molecule has 1 saturated carbocycles. The number of hydrogen-bond donors (Lipinski definition) is 1. The second-order valence-corrected chi connectivity index (χ2v) is 10.7. The topological polar surface area (TPSA) is 104 Å². The first-order valence-electron chi connectivity index (χ1n) is 11.0. The Morgan fingerprint density at radius 2 is 2.09 bits per heavy atom. The van der Waals surface area contributed by atoms with Gasteiger partial charge in [-0.15, -0.1) is 11.3 Å². The van der Waals surface area contributed by atoms with Crippen LogP contribution in [-0.4, -0.2) is 39.8 Å². The summed E-state index contributed by atoms with van der Waals surface area (Å²) < 4.78 is 14.1. The van der Waals surface area contributed by atoms with Crippen molar-refractivity contribution < 1.29 is 14.3 Å². The van der Waals surface area contributed by atoms with Crippen molar-refractivity contribution in [2.45, 2.75) is 78.2 Å². The molecule has 2 aromatic heterocycles. The van der Waals surface area contributed by atoms with Crippen molar-refractivity contribution >= 4 is 33.9 Å². The summed E-state index contributed by atoms with van der Waals surface area (Å²) >= 11 is 1.32. The van der Waals surface area contributed by atoms with E-state index in [1.54, 1.807) is 25.3 Å². The van der Waals surface area contributed by atoms with Crippen molar-refractivity contribution in [1.82, 2.24) is 14.6 Å². The number of aromatic nitrogens is 2. The van der Waals surface area contributed by atoms with E-state index in [1.807, 2.05) is 13.8 Å². The average Bonchev–Trinajstić information content (AvgIpc) is 3.07. The number of thiophene rings is 1. The smallest absolute Gasteiger partial charge is 0.428 e. The number of carbonyl (C=O) groups is 1. The molecule has 1 aliphatic heterocycles. The fraction of sp³-hybridized carbons (Fsp3) is 0.636. The van der Waals surface area contributed by atoms with Gasteiger partial charge in [-0.1, -0.05) is 6.92 Å². The number of amides is 1. The molecule has 3 atom stereocenters. The molecule has 3 heterocycles. The first-order valence-corrected chi connectivity index (χ1v) is 11.8. The summed E-state index contributed by atoms with van der Waals surface area (Å²) in [6, 6.07) is -0.0552. The molecule has 10 heteroatoms. The Bertz CT molecular complexity index is 1180. The van der Waals surface area contributed by atoms with Crippen LogP contribution in [0.25, 0.3) is 10.2 Å². The molecule has 1 aliphatic carbocycles. The van der Waals surface area contributed by atoms with E-state index in [4.69, 9.17) is 9.47 Å². The van der Waals surface area contributed by atoms with Crippen LogP contribution in [0.2, 0.25) is 0 Å². The molecule has 2 aromatic rings. The molecule has 0 aromatic carbocycles. The number of aryl methyl sites for hydroxylation is 1. The maximum atomic E-state index is 13.3. The zero-order valence-electron chi connectivity index (χ0n) is 19.1. The van der Waals surface area contributed by atoms with E-state index in [0.717, 1.165) is 24.8 Å². The number of fused-ring (bicyclic) bond motifs is 1. The van der Waals surface area contributed by atoms with E-state index >= 15 is 0 Å². The summed E-state index contributed by atoms with van der Waals surface area (Å²) in [5.41, 5.74) is 1.93. The highest BCUT2D eigenvalue weighted by Gasteiger charge is 2.38. The van der Waals surface area contributed by atoms with Gasteiger partial charge in [-0.05, 0) is 58.4 Å². The second kappa shape index (κ2) is 8.47. The number of nitrogens with zero attached hydrogens (tertiary/aromatic N) is 3. The van der Waals surface area contributed by atoms with Crippen molar-refractivity contribution in [2.24, 2.45) is 11.0 Å². The highest BCUT2D eigenvalue weighted by atomic mass is 32.1. The van der Waals surface area contributed by atoms with Crippen LogP contribution < -0.4 is 16.7 Å². The fourth-order valence-corrected chi connectivity index (χ4v) is 5.23. The van der Waals surface area contributed by atoms with E-state index in [-0.39, 0.29) is 23.4 Å². The third-order valence-corrected chi connectivity index (χ3v) is 7.07. The molecule has 0 spiro atoms. The van der Waals surface area contributed by atoms with Gasteiger partial charge >= 0.3 is 11.8 Å². The zero-order valence-corrected chi connectivity index (χ0v) is 20.0. The van der Waals surface area contributed by atoms with Gasteiger partial charge in [-0.25, -0.2) is 15.0 Å². The summed E-state index contributed by atoms with van der Waals surface area (Å²) in [7, 11) is 0. The minimum Gasteiger partial charge on any atom is -0.443 e. The Morgan fingerprint density at radius 3 is 2.69 bits per heavy atom. The van der Waals surface area contributed by atoms with Gasteiger partial charge in [0.2, 0.25) is 0 Å². The molecule has 0 unspecified atom stereocenters. The first-order chi connectivity index (χ1) is 15.1. The zero-order chi connectivity index (χ0) is 23.2. The SMILES string of the molecule is Cc1c(C=NNC(=O)OC(C)(C)C)sc2c1c(=O)n([C@H]1C[C@@H]1C)c(=O)n2C[C@H]1CCCO1. The summed E-state index contributed by atoms with van der Waals surface area (Å²) in [4.78, 5) is 39.9. The third-order valence-electron chi connectivity index (χ3n) is 5.83. The lowest BCUT2D eigenvalue weighted by molar-refractivity contribution is 0.0529. The maximum Gasteiger partial charge on any atom is 0.428 e. The fourth-order valence-electron chi connectivity index (χ4n) is 4.06. The third kappa shape index (κ3) is 4.52. The number of ether oxygens (including phenoxy) is 2. The van der Waals surface area contributed by atoms with E-state index in [9.17, 15) is 14.4 Å². The molecule has 1 amide bonds. The standard InChI is InChI=1S/C22H30N4O5S/c1-12-9-15(12)26-18(27)17-13(2)16(10-23-24-20(28)31-22(3,4)5)32-19(17)25(21(26)29)11-14-7-6-8-30-14/h10,12,14-15H,6-9,11H2,1-5H3,(H,24,28)/t12-,14+,15-/m0/s1. The van der Waals surface area contributed by atoms with Crippen molar-refractivity contribution in [2.75, 3.05) is 6.61 Å². The molecule has 4 rings (SSSR count). The van der Waals surface area contributed by atoms with Gasteiger partial charge in [-0.3, -0.25) is 13.9 Å². The number of hydrogen-bond acceptors (Lipinski definition) is 7. The van der Waals surface area contributed by atoms with E-state index in [1.165, 1.54) is 22.1 Å². The summed E-state index contributed by atoms with van der Waals surface area (Å²) in [5, 5.41) is 4.52. The van der Waals surface area contributed by atoms with Crippen LogP contribution in [0.1, 0.15) is 63.4 Å². The van der Waals surface area contributed by atoms with Crippen LogP contribution >= 0.6 is 11.3 Å². The Labute approximate surface area is 190 Å². The Hall–Kier alpha value is -2.46. The largest absolute Gasteiger partial charge is 0.443 e. The Balaban J connectivity index is 1.73. The second-order valence-electron chi connectivity index (χ2n) is 9.63. The van der Waals surface area contributed by atoms with Crippen LogP contribution in [-0.2, 0) is 16.0 Å². The highest BCUT2D eigenvalue weighted by Crippen LogP contribution is 2.41. The van der Waals surface area contributed by atoms with E-state index in [0.29, 0.717) is 34.2 Å². The van der Waals surface area contributed by atoms with Crippen LogP contribution in [0.4, 0.5) is 4.79 Å². The molecule has 174 valence electrons. The summed E-state index contributed by atoms with van der Waals surface area (Å²) in [6.45, 7) is 10.3. The number of hydrazone groups is 1. The molecule has 32 heavy (non-hydrogen) atoms. The van der Waals surface area contributed by atoms with Gasteiger partial charge in [-0.2, -0.15) is 5.10 Å². The molecular weight excluding hydrogens is 432 g/mol. The molecule has 2 fully saturated rings. The van der Waals surface area contributed by atoms with Gasteiger partial charge in [0.25, 0.3) is 5.56 Å². The number of rotatable bonds is 5. The van der Waals surface area contributed by atoms with Crippen LogP contribution in [0.3, 0.4) is 0 Å². The first kappa shape index (κ1) is 22.7. The van der Waals surface area contributed by atoms with Gasteiger partial charge < -0.3 is 9.47 Å². The summed E-state index contributed by atoms with van der Waals surface area (Å²) in [5.74, 6) is 0.312. The van der Waals surface area contributed by atoms with Gasteiger partial charge in [0.1, 0.15) is 10.4 Å². The predicted molar refractivity (Wildman–Crippen MR) is 124 cm³/mol. The van der Waals surface area contributed by atoms with Crippen LogP contribution in [0.15, 0.2) is 14.7 Å². The molecule has 2 aliphatic rings. The summed E-state index contributed by atoms with van der Waals surface area (Å²) in [6.07, 6.45) is 3.50. The lowest BCUT2D eigenvalue weighted by Gasteiger charge is -2.18. The highest BCUT2D eigenvalue weighted by molar-refractivity contribution is 7.20. The molecule has 1 N–H and O–H groups in total. The Morgan fingerprint density at radius 1 is 1.38 bits per heavy atom. The van der Waals surface area contributed by atoms with Crippen molar-refractivity contribution in [3.63, 3.8) is 0 Å². The normalized spacial score (nSPS) is 23.2. The lowest BCUT2D eigenvalue weighted by atomic mass is 10.2. The van der Waals surface area contributed by atoms with Crippen molar-refractivity contribution in [3.8, 4) is 0 Å². The van der Waals surface area contributed by atoms with E-state index in [2.05, 4.69) is 10.5 Å². The van der Waals surface area contributed by atoms with Crippen molar-refractivity contribution in [1.29, 1.82) is 0 Å². The average molecular weight is 463 g/mol. The predicted octanol–water partition coefficient (Wildman–Crippen LogP) is 3.15. The molecule has 9 nitrogen and oxygen atoms in total. The minimum absolute atomic E-state index is 0.0353. The number of carbonyl (C=O) groups excluding carboxylic acids is 1. The molecular formula is C22H30N4O5S. The van der Waals surface area contributed by atoms with Crippen LogP contribution in [0, 0.1) is 12.8 Å². The lowest BCUT2D eigenvalue weighted by Crippen LogP contribution is -2.41. The number of nitrogens with one attached hydrogen (secondary N) is 1. The van der Waals surface area contributed by atoms with Crippen LogP contribution in [0.5, 0.6) is 0 Å². The molecule has 0 bridgehead atoms. The maximum absolute atomic E-state index is 13.3. The molecule has 0 radical (unpaired) electrons. The van der Waals surface area contributed by atoms with Crippen molar-refractivity contribution in [3.05, 3.63) is 31.3 Å². The molecule has 1 saturated heterocycles. The Kier molecular flexibility index (Phi) is 6.02. The van der Waals surface area contributed by atoms with Gasteiger partial charge in [0, 0.05) is 12.6 Å². The monoisotopic (exact) mass is 462 g/mol. The van der Waals surface area contributed by atoms with Gasteiger partial charge in [0.05, 0.1) is 29.1 Å². The van der Waals surface area contributed by atoms with E-state index < -0.39 is 11.7 Å². The quantitative estimate of drug-likeness (QED) is 0.543. The van der Waals surface area contributed by atoms with Gasteiger partial charge in [0.15, 0.2) is 0 Å².